The Morgan fingerprint density at radius 1 is 1.24 bits per heavy atom. The van der Waals surface area contributed by atoms with Crippen molar-refractivity contribution in [3.05, 3.63) is 35.9 Å². The zero-order valence-electron chi connectivity index (χ0n) is 18.5. The van der Waals surface area contributed by atoms with Gasteiger partial charge in [-0.05, 0) is 24.8 Å². The van der Waals surface area contributed by atoms with Crippen LogP contribution in [0.15, 0.2) is 35.3 Å². The molecule has 6 N–H and O–H groups in total. The minimum absolute atomic E-state index is 0.0375. The quantitative estimate of drug-likeness (QED) is 0.115. The molecule has 0 spiro atoms. The fourth-order valence-corrected chi connectivity index (χ4v) is 4.62. The molecule has 1 amide bonds. The molecular weight excluding hydrogens is 471 g/mol. The van der Waals surface area contributed by atoms with Gasteiger partial charge in [0.2, 0.25) is 5.91 Å². The first kappa shape index (κ1) is 27.2. The first-order valence-electron chi connectivity index (χ1n) is 10.8. The molecule has 11 heteroatoms. The first-order chi connectivity index (χ1) is 15.7. The molecule has 1 aromatic rings. The van der Waals surface area contributed by atoms with Crippen LogP contribution in [0.4, 0.5) is 0 Å². The van der Waals surface area contributed by atoms with Crippen LogP contribution in [0.3, 0.4) is 0 Å². The SMILES string of the molecule is COC(=O)[C@H](Cc1ccccc1)NC(=O)C1CC(Cl)C(OCCCCN=C(N)N)C(Cl)C1O. The van der Waals surface area contributed by atoms with E-state index in [-0.39, 0.29) is 18.8 Å². The maximum Gasteiger partial charge on any atom is 0.328 e. The molecule has 2 rings (SSSR count). The summed E-state index contributed by atoms with van der Waals surface area (Å²) in [5.41, 5.74) is 11.4. The van der Waals surface area contributed by atoms with E-state index in [1.807, 2.05) is 30.3 Å². The van der Waals surface area contributed by atoms with Crippen LogP contribution in [0.2, 0.25) is 0 Å². The Hall–Kier alpha value is -2.07. The fourth-order valence-electron chi connectivity index (χ4n) is 3.70. The van der Waals surface area contributed by atoms with E-state index < -0.39 is 46.8 Å². The molecule has 33 heavy (non-hydrogen) atoms. The number of ether oxygens (including phenoxy) is 2. The zero-order valence-corrected chi connectivity index (χ0v) is 20.0. The second kappa shape index (κ2) is 13.6. The summed E-state index contributed by atoms with van der Waals surface area (Å²) >= 11 is 12.9. The van der Waals surface area contributed by atoms with Gasteiger partial charge in [-0.25, -0.2) is 4.79 Å². The van der Waals surface area contributed by atoms with Gasteiger partial charge in [-0.15, -0.1) is 23.2 Å². The predicted octanol–water partition coefficient (Wildman–Crippen LogP) is 0.921. The number of hydrogen-bond donors (Lipinski definition) is 4. The Balaban J connectivity index is 1.93. The van der Waals surface area contributed by atoms with Crippen LogP contribution >= 0.6 is 23.2 Å². The molecule has 0 aromatic heterocycles. The highest BCUT2D eigenvalue weighted by Gasteiger charge is 2.46. The van der Waals surface area contributed by atoms with Gasteiger partial charge in [-0.1, -0.05) is 30.3 Å². The fraction of sp³-hybridized carbons (Fsp3) is 0.591. The predicted molar refractivity (Wildman–Crippen MR) is 127 cm³/mol. The van der Waals surface area contributed by atoms with Crippen molar-refractivity contribution in [3.63, 3.8) is 0 Å². The average molecular weight is 503 g/mol. The van der Waals surface area contributed by atoms with Gasteiger partial charge >= 0.3 is 5.97 Å². The molecule has 9 nitrogen and oxygen atoms in total. The van der Waals surface area contributed by atoms with Gasteiger partial charge in [0.1, 0.15) is 6.04 Å². The van der Waals surface area contributed by atoms with Crippen molar-refractivity contribution in [3.8, 4) is 0 Å². The highest BCUT2D eigenvalue weighted by atomic mass is 35.5. The third-order valence-corrected chi connectivity index (χ3v) is 6.40. The number of benzene rings is 1. The van der Waals surface area contributed by atoms with Gasteiger partial charge in [0.25, 0.3) is 0 Å². The summed E-state index contributed by atoms with van der Waals surface area (Å²) in [6, 6.07) is 8.33. The molecule has 0 radical (unpaired) electrons. The molecule has 184 valence electrons. The van der Waals surface area contributed by atoms with E-state index in [4.69, 9.17) is 44.1 Å². The Morgan fingerprint density at radius 3 is 2.58 bits per heavy atom. The molecule has 1 aromatic carbocycles. The smallest absolute Gasteiger partial charge is 0.328 e. The number of nitrogens with two attached hydrogens (primary N) is 2. The molecule has 5 unspecified atom stereocenters. The number of alkyl halides is 2. The van der Waals surface area contributed by atoms with Gasteiger partial charge in [0.05, 0.1) is 36.0 Å². The number of rotatable bonds is 11. The Bertz CT molecular complexity index is 794. The zero-order chi connectivity index (χ0) is 24.4. The van der Waals surface area contributed by atoms with Gasteiger partial charge in [0.15, 0.2) is 5.96 Å². The molecular formula is C22H32Cl2N4O5. The van der Waals surface area contributed by atoms with Crippen molar-refractivity contribution in [1.29, 1.82) is 0 Å². The van der Waals surface area contributed by atoms with E-state index >= 15 is 0 Å². The number of nitrogens with one attached hydrogen (secondary N) is 1. The summed E-state index contributed by atoms with van der Waals surface area (Å²) < 4.78 is 10.6. The molecule has 1 fully saturated rings. The summed E-state index contributed by atoms with van der Waals surface area (Å²) in [5, 5.41) is 11.9. The number of amides is 1. The largest absolute Gasteiger partial charge is 0.467 e. The van der Waals surface area contributed by atoms with Gasteiger partial charge in [-0.2, -0.15) is 0 Å². The molecule has 1 saturated carbocycles. The van der Waals surface area contributed by atoms with E-state index in [1.54, 1.807) is 0 Å². The normalized spacial score (nSPS) is 25.6. The number of aliphatic imine (C=N–C) groups is 1. The van der Waals surface area contributed by atoms with Crippen molar-refractivity contribution in [1.82, 2.24) is 5.32 Å². The van der Waals surface area contributed by atoms with E-state index in [9.17, 15) is 14.7 Å². The molecule has 1 aliphatic carbocycles. The lowest BCUT2D eigenvalue weighted by Crippen LogP contribution is -2.56. The van der Waals surface area contributed by atoms with Crippen LogP contribution in [-0.2, 0) is 25.5 Å². The van der Waals surface area contributed by atoms with Gasteiger partial charge < -0.3 is 31.4 Å². The van der Waals surface area contributed by atoms with Crippen molar-refractivity contribution in [2.45, 2.75) is 54.7 Å². The number of aliphatic hydroxyl groups excluding tert-OH is 1. The number of hydrogen-bond acceptors (Lipinski definition) is 6. The van der Waals surface area contributed by atoms with E-state index in [0.717, 1.165) is 5.56 Å². The maximum absolute atomic E-state index is 12.9. The number of guanidine groups is 1. The number of aliphatic hydroxyl groups is 1. The van der Waals surface area contributed by atoms with Crippen molar-refractivity contribution in [2.75, 3.05) is 20.3 Å². The standard InChI is InChI=1S/C22H32Cl2N4O5/c1-32-21(31)16(11-13-7-3-2-4-8-13)28-20(30)14-12-15(23)19(17(24)18(14)29)33-10-6-5-9-27-22(25)26/h2-4,7-8,14-19,29H,5-6,9-12H2,1H3,(H,28,30)(H4,25,26,27)/t14?,15?,16-,17?,18?,19?/m0/s1. The average Bonchev–Trinajstić information content (AvgIpc) is 2.79. The molecule has 0 aliphatic heterocycles. The highest BCUT2D eigenvalue weighted by molar-refractivity contribution is 6.25. The Kier molecular flexibility index (Phi) is 11.2. The summed E-state index contributed by atoms with van der Waals surface area (Å²) in [7, 11) is 1.25. The summed E-state index contributed by atoms with van der Waals surface area (Å²) in [5.74, 6) is -1.94. The lowest BCUT2D eigenvalue weighted by molar-refractivity contribution is -0.147. The van der Waals surface area contributed by atoms with Crippen molar-refractivity contribution < 1.29 is 24.2 Å². The summed E-state index contributed by atoms with van der Waals surface area (Å²) in [6.07, 6.45) is -0.0211. The third kappa shape index (κ3) is 8.33. The van der Waals surface area contributed by atoms with Crippen LogP contribution in [0.25, 0.3) is 0 Å². The minimum atomic E-state index is -1.19. The minimum Gasteiger partial charge on any atom is -0.467 e. The van der Waals surface area contributed by atoms with Gasteiger partial charge in [-0.3, -0.25) is 9.79 Å². The molecule has 1 aliphatic rings. The highest BCUT2D eigenvalue weighted by Crippen LogP contribution is 2.34. The number of esters is 1. The topological polar surface area (TPSA) is 149 Å². The van der Waals surface area contributed by atoms with Crippen molar-refractivity contribution in [2.24, 2.45) is 22.4 Å². The number of nitrogens with zero attached hydrogens (tertiary/aromatic N) is 1. The van der Waals surface area contributed by atoms with Crippen LogP contribution in [0.5, 0.6) is 0 Å². The number of halogens is 2. The second-order valence-electron chi connectivity index (χ2n) is 7.92. The third-order valence-electron chi connectivity index (χ3n) is 5.47. The van der Waals surface area contributed by atoms with Crippen LogP contribution < -0.4 is 16.8 Å². The number of carbonyl (C=O) groups excluding carboxylic acids is 2. The molecule has 6 atom stereocenters. The molecule has 0 saturated heterocycles. The van der Waals surface area contributed by atoms with Gasteiger partial charge in [0, 0.05) is 19.6 Å². The lowest BCUT2D eigenvalue weighted by Gasteiger charge is -2.39. The first-order valence-corrected chi connectivity index (χ1v) is 11.7. The number of unbranched alkanes of at least 4 members (excludes halogenated alkanes) is 1. The Labute approximate surface area is 203 Å². The number of methoxy groups -OCH3 is 1. The van der Waals surface area contributed by atoms with Crippen LogP contribution in [-0.4, -0.2) is 72.2 Å². The number of carbonyl (C=O) groups is 2. The Morgan fingerprint density at radius 2 is 1.94 bits per heavy atom. The van der Waals surface area contributed by atoms with Crippen molar-refractivity contribution >= 4 is 41.0 Å². The molecule has 0 bridgehead atoms. The van der Waals surface area contributed by atoms with Crippen LogP contribution in [0.1, 0.15) is 24.8 Å². The molecule has 0 heterocycles. The van der Waals surface area contributed by atoms with E-state index in [1.165, 1.54) is 7.11 Å². The maximum atomic E-state index is 12.9. The van der Waals surface area contributed by atoms with E-state index in [2.05, 4.69) is 10.3 Å². The summed E-state index contributed by atoms with van der Waals surface area (Å²) in [4.78, 5) is 29.1. The monoisotopic (exact) mass is 502 g/mol. The second-order valence-corrected chi connectivity index (χ2v) is 8.98. The lowest BCUT2D eigenvalue weighted by atomic mass is 9.83. The summed E-state index contributed by atoms with van der Waals surface area (Å²) in [6.45, 7) is 0.850. The van der Waals surface area contributed by atoms with E-state index in [0.29, 0.717) is 26.0 Å². The van der Waals surface area contributed by atoms with Crippen LogP contribution in [0, 0.1) is 5.92 Å².